The number of aliphatic hydroxyl groups is 1. The summed E-state index contributed by atoms with van der Waals surface area (Å²) in [5.41, 5.74) is 2.77. The van der Waals surface area contributed by atoms with Gasteiger partial charge in [-0.1, -0.05) is 35.9 Å². The minimum atomic E-state index is -0.955. The zero-order chi connectivity index (χ0) is 27.1. The van der Waals surface area contributed by atoms with Crippen LogP contribution in [0.15, 0.2) is 66.2 Å². The number of ether oxygens (including phenoxy) is 3. The molecule has 0 aliphatic carbocycles. The number of benzene rings is 3. The molecule has 5 rings (SSSR count). The number of aliphatic hydroxyl groups excluding tert-OH is 1. The molecule has 9 heteroatoms. The second kappa shape index (κ2) is 9.79. The fraction of sp³-hybridized carbons (Fsp3) is 0.172. The molecule has 1 aromatic heterocycles. The second-order valence-corrected chi connectivity index (χ2v) is 9.17. The molecule has 1 fully saturated rings. The minimum Gasteiger partial charge on any atom is -0.507 e. The van der Waals surface area contributed by atoms with Crippen LogP contribution in [0.4, 0.5) is 5.69 Å². The number of carbonyl (C=O) groups is 2. The Labute approximate surface area is 224 Å². The summed E-state index contributed by atoms with van der Waals surface area (Å²) in [5, 5.41) is 12.7. The van der Waals surface area contributed by atoms with Crippen molar-refractivity contribution in [2.45, 2.75) is 13.0 Å². The third kappa shape index (κ3) is 3.94. The smallest absolute Gasteiger partial charge is 0.300 e. The summed E-state index contributed by atoms with van der Waals surface area (Å²) in [6.45, 7) is 1.87. The molecule has 2 N–H and O–H groups in total. The van der Waals surface area contributed by atoms with Crippen molar-refractivity contribution in [1.82, 2.24) is 4.98 Å². The average molecular weight is 533 g/mol. The lowest BCUT2D eigenvalue weighted by atomic mass is 9.93. The molecular formula is C29H25ClN2O6. The number of anilines is 1. The number of ketones is 1. The highest BCUT2D eigenvalue weighted by atomic mass is 35.5. The molecule has 8 nitrogen and oxygen atoms in total. The number of nitrogens with one attached hydrogen (secondary N) is 1. The topological polar surface area (TPSA) is 101 Å². The molecule has 1 amide bonds. The summed E-state index contributed by atoms with van der Waals surface area (Å²) >= 11 is 6.38. The number of rotatable bonds is 6. The van der Waals surface area contributed by atoms with Gasteiger partial charge in [-0.15, -0.1) is 0 Å². The molecule has 1 unspecified atom stereocenters. The number of Topliss-reactive ketones (excluding diaryl/α,β-unsaturated/α-hetero) is 1. The number of hydrogen-bond donors (Lipinski definition) is 2. The molecule has 3 aromatic carbocycles. The maximum atomic E-state index is 13.7. The summed E-state index contributed by atoms with van der Waals surface area (Å²) in [6, 6.07) is 16.5. The lowest BCUT2D eigenvalue weighted by Gasteiger charge is -2.26. The molecule has 2 heterocycles. The Hall–Kier alpha value is -4.43. The molecular weight excluding hydrogens is 508 g/mol. The van der Waals surface area contributed by atoms with E-state index >= 15 is 0 Å². The largest absolute Gasteiger partial charge is 0.507 e. The molecule has 0 bridgehead atoms. The number of carbonyl (C=O) groups excluding carboxylic acids is 2. The first-order valence-electron chi connectivity index (χ1n) is 11.7. The predicted octanol–water partition coefficient (Wildman–Crippen LogP) is 5.78. The number of H-pyrrole nitrogens is 1. The fourth-order valence-corrected chi connectivity index (χ4v) is 5.21. The van der Waals surface area contributed by atoms with E-state index in [0.29, 0.717) is 22.7 Å². The van der Waals surface area contributed by atoms with Crippen molar-refractivity contribution in [3.8, 4) is 17.2 Å². The summed E-state index contributed by atoms with van der Waals surface area (Å²) in [5.74, 6) is -0.957. The third-order valence-electron chi connectivity index (χ3n) is 6.72. The Morgan fingerprint density at radius 1 is 0.947 bits per heavy atom. The van der Waals surface area contributed by atoms with Crippen molar-refractivity contribution < 1.29 is 28.9 Å². The van der Waals surface area contributed by atoms with Crippen LogP contribution in [-0.2, 0) is 9.59 Å². The van der Waals surface area contributed by atoms with Crippen LogP contribution in [0, 0.1) is 6.92 Å². The van der Waals surface area contributed by atoms with Crippen LogP contribution in [-0.4, -0.2) is 43.1 Å². The van der Waals surface area contributed by atoms with Crippen molar-refractivity contribution >= 4 is 45.6 Å². The Morgan fingerprint density at radius 2 is 1.68 bits per heavy atom. The van der Waals surface area contributed by atoms with Gasteiger partial charge in [0.25, 0.3) is 11.7 Å². The van der Waals surface area contributed by atoms with Crippen LogP contribution in [0.3, 0.4) is 0 Å². The first kappa shape index (κ1) is 25.2. The fourth-order valence-electron chi connectivity index (χ4n) is 4.97. The lowest BCUT2D eigenvalue weighted by molar-refractivity contribution is -0.132. The Kier molecular flexibility index (Phi) is 6.50. The number of hydrogen-bond acceptors (Lipinski definition) is 6. The molecule has 38 heavy (non-hydrogen) atoms. The van der Waals surface area contributed by atoms with Gasteiger partial charge in [0.15, 0.2) is 0 Å². The SMILES string of the molecule is COc1cccc(N2C(=O)C(=O)/C(=C(/O)c3cc(Cl)c(OC)cc3OC)C2c2c(C)[nH]c3ccccc23)c1. The van der Waals surface area contributed by atoms with Crippen LogP contribution in [0.5, 0.6) is 17.2 Å². The lowest BCUT2D eigenvalue weighted by Crippen LogP contribution is -2.29. The predicted molar refractivity (Wildman–Crippen MR) is 145 cm³/mol. The molecule has 4 aromatic rings. The minimum absolute atomic E-state index is 0.0924. The highest BCUT2D eigenvalue weighted by molar-refractivity contribution is 6.52. The van der Waals surface area contributed by atoms with Crippen LogP contribution < -0.4 is 19.1 Å². The molecule has 1 saturated heterocycles. The summed E-state index contributed by atoms with van der Waals surface area (Å²) < 4.78 is 16.1. The highest BCUT2D eigenvalue weighted by Crippen LogP contribution is 2.47. The molecule has 1 aliphatic rings. The number of methoxy groups -OCH3 is 3. The summed E-state index contributed by atoms with van der Waals surface area (Å²) in [4.78, 5) is 32.0. The van der Waals surface area contributed by atoms with Gasteiger partial charge in [0.2, 0.25) is 0 Å². The first-order chi connectivity index (χ1) is 18.3. The van der Waals surface area contributed by atoms with E-state index in [0.717, 1.165) is 16.6 Å². The molecule has 0 saturated carbocycles. The van der Waals surface area contributed by atoms with Crippen molar-refractivity contribution in [2.24, 2.45) is 0 Å². The monoisotopic (exact) mass is 532 g/mol. The Morgan fingerprint density at radius 3 is 2.39 bits per heavy atom. The maximum absolute atomic E-state index is 13.7. The van der Waals surface area contributed by atoms with Gasteiger partial charge in [-0.3, -0.25) is 14.5 Å². The number of amides is 1. The van der Waals surface area contributed by atoms with Crippen LogP contribution in [0.25, 0.3) is 16.7 Å². The molecule has 0 spiro atoms. The van der Waals surface area contributed by atoms with Crippen molar-refractivity contribution in [3.63, 3.8) is 0 Å². The van der Waals surface area contributed by atoms with Gasteiger partial charge in [-0.2, -0.15) is 0 Å². The number of para-hydroxylation sites is 1. The molecule has 1 aliphatic heterocycles. The van der Waals surface area contributed by atoms with E-state index in [-0.39, 0.29) is 21.9 Å². The molecule has 194 valence electrons. The van der Waals surface area contributed by atoms with Gasteiger partial charge in [-0.25, -0.2) is 0 Å². The number of halogens is 1. The molecule has 1 atom stereocenters. The van der Waals surface area contributed by atoms with Gasteiger partial charge >= 0.3 is 0 Å². The maximum Gasteiger partial charge on any atom is 0.300 e. The number of nitrogens with zero attached hydrogens (tertiary/aromatic N) is 1. The normalized spacial score (nSPS) is 16.8. The summed E-state index contributed by atoms with van der Waals surface area (Å²) in [7, 11) is 4.41. The Bertz CT molecular complexity index is 1620. The van der Waals surface area contributed by atoms with Crippen molar-refractivity contribution in [1.29, 1.82) is 0 Å². The van der Waals surface area contributed by atoms with Crippen LogP contribution in [0.2, 0.25) is 5.02 Å². The van der Waals surface area contributed by atoms with Gasteiger partial charge in [0.05, 0.1) is 43.5 Å². The highest BCUT2D eigenvalue weighted by Gasteiger charge is 2.48. The standard InChI is InChI=1S/C29H25ClN2O6/c1-15-24(18-10-5-6-11-21(18)31-15)26-25(27(33)19-13-20(30)23(38-4)14-22(19)37-3)28(34)29(35)32(26)16-8-7-9-17(12-16)36-2/h5-14,26,31,33H,1-4H3/b27-25+. The molecule has 0 radical (unpaired) electrons. The van der Waals surface area contributed by atoms with Gasteiger partial charge in [-0.05, 0) is 31.2 Å². The number of aromatic amines is 1. The van der Waals surface area contributed by atoms with Crippen LogP contribution in [0.1, 0.15) is 22.9 Å². The van der Waals surface area contributed by atoms with Gasteiger partial charge in [0.1, 0.15) is 23.0 Å². The van der Waals surface area contributed by atoms with E-state index in [1.54, 1.807) is 24.3 Å². The van der Waals surface area contributed by atoms with Crippen LogP contribution >= 0.6 is 11.6 Å². The number of fused-ring (bicyclic) bond motifs is 1. The van der Waals surface area contributed by atoms with E-state index in [2.05, 4.69) is 4.98 Å². The second-order valence-electron chi connectivity index (χ2n) is 8.77. The first-order valence-corrected chi connectivity index (χ1v) is 12.1. The van der Waals surface area contributed by atoms with E-state index in [4.69, 9.17) is 25.8 Å². The quantitative estimate of drug-likeness (QED) is 0.185. The van der Waals surface area contributed by atoms with E-state index in [1.165, 1.54) is 38.4 Å². The zero-order valence-corrected chi connectivity index (χ0v) is 21.9. The van der Waals surface area contributed by atoms with Crippen molar-refractivity contribution in [3.05, 3.63) is 88.1 Å². The average Bonchev–Trinajstić information content (AvgIpc) is 3.39. The van der Waals surface area contributed by atoms with E-state index < -0.39 is 23.5 Å². The Balaban J connectivity index is 1.83. The van der Waals surface area contributed by atoms with Gasteiger partial charge in [0, 0.05) is 40.0 Å². The van der Waals surface area contributed by atoms with Crippen molar-refractivity contribution in [2.75, 3.05) is 26.2 Å². The third-order valence-corrected chi connectivity index (χ3v) is 7.02. The number of aromatic nitrogens is 1. The van der Waals surface area contributed by atoms with E-state index in [9.17, 15) is 14.7 Å². The van der Waals surface area contributed by atoms with E-state index in [1.807, 2.05) is 31.2 Å². The zero-order valence-electron chi connectivity index (χ0n) is 21.2. The number of aryl methyl sites for hydroxylation is 1. The van der Waals surface area contributed by atoms with Gasteiger partial charge < -0.3 is 24.3 Å². The summed E-state index contributed by atoms with van der Waals surface area (Å²) in [6.07, 6.45) is 0.